The normalized spacial score (nSPS) is 28.5. The summed E-state index contributed by atoms with van der Waals surface area (Å²) in [7, 11) is 2.18. The third-order valence-electron chi connectivity index (χ3n) is 6.33. The first-order chi connectivity index (χ1) is 12.8. The molecule has 0 amide bonds. The number of benzene rings is 2. The number of ether oxygens (including phenoxy) is 2. The molecule has 0 aliphatic carbocycles. The van der Waals surface area contributed by atoms with Crippen molar-refractivity contribution in [2.75, 3.05) is 26.7 Å². The van der Waals surface area contributed by atoms with Crippen LogP contribution in [0.5, 0.6) is 5.75 Å². The van der Waals surface area contributed by atoms with Crippen molar-refractivity contribution in [1.82, 2.24) is 4.90 Å². The van der Waals surface area contributed by atoms with Gasteiger partial charge in [0.2, 0.25) is 0 Å². The van der Waals surface area contributed by atoms with Crippen molar-refractivity contribution in [2.45, 2.75) is 37.9 Å². The van der Waals surface area contributed by atoms with E-state index in [0.29, 0.717) is 18.1 Å². The van der Waals surface area contributed by atoms with Crippen molar-refractivity contribution in [2.24, 2.45) is 5.92 Å². The van der Waals surface area contributed by atoms with Crippen LogP contribution in [0.3, 0.4) is 0 Å². The van der Waals surface area contributed by atoms with Crippen LogP contribution in [0.2, 0.25) is 0 Å². The van der Waals surface area contributed by atoms with E-state index < -0.39 is 0 Å². The van der Waals surface area contributed by atoms with E-state index in [0.717, 1.165) is 31.9 Å². The maximum Gasteiger partial charge on any atom is 0.127 e. The average molecular weight is 349 g/mol. The van der Waals surface area contributed by atoms with E-state index in [1.807, 2.05) is 0 Å². The molecule has 136 valence electrons. The molecule has 3 heteroatoms. The van der Waals surface area contributed by atoms with Gasteiger partial charge < -0.3 is 14.4 Å². The molecule has 3 aliphatic heterocycles. The largest absolute Gasteiger partial charge is 0.493 e. The van der Waals surface area contributed by atoms with Crippen molar-refractivity contribution in [3.05, 3.63) is 48.0 Å². The van der Waals surface area contributed by atoms with Crippen LogP contribution < -0.4 is 4.74 Å². The van der Waals surface area contributed by atoms with Gasteiger partial charge in [-0.3, -0.25) is 0 Å². The van der Waals surface area contributed by atoms with E-state index in [9.17, 15) is 0 Å². The molecule has 3 aliphatic rings. The predicted octanol–water partition coefficient (Wildman–Crippen LogP) is 4.51. The third kappa shape index (κ3) is 2.93. The molecule has 2 bridgehead atoms. The van der Waals surface area contributed by atoms with Crippen molar-refractivity contribution < 1.29 is 9.47 Å². The molecule has 3 nitrogen and oxygen atoms in total. The number of fused-ring (bicyclic) bond motifs is 3. The van der Waals surface area contributed by atoms with Crippen molar-refractivity contribution in [1.29, 1.82) is 0 Å². The quantitative estimate of drug-likeness (QED) is 0.811. The highest BCUT2D eigenvalue weighted by Gasteiger charge is 2.41. The summed E-state index contributed by atoms with van der Waals surface area (Å²) in [6.07, 6.45) is 8.02. The van der Waals surface area contributed by atoms with Crippen LogP contribution in [0.25, 0.3) is 16.3 Å². The monoisotopic (exact) mass is 349 g/mol. The van der Waals surface area contributed by atoms with Crippen molar-refractivity contribution >= 4 is 16.3 Å². The Bertz CT molecular complexity index is 843. The molecule has 5 rings (SSSR count). The van der Waals surface area contributed by atoms with Gasteiger partial charge in [0.15, 0.2) is 0 Å². The molecule has 0 unspecified atom stereocenters. The molecule has 0 radical (unpaired) electrons. The van der Waals surface area contributed by atoms with Gasteiger partial charge in [0.05, 0.1) is 18.8 Å². The molecule has 0 spiro atoms. The number of rotatable bonds is 4. The van der Waals surface area contributed by atoms with Crippen LogP contribution in [0.15, 0.2) is 42.5 Å². The van der Waals surface area contributed by atoms with Crippen LogP contribution in [-0.2, 0) is 4.74 Å². The molecule has 0 saturated carbocycles. The fraction of sp³-hybridized carbons (Fsp3) is 0.478. The van der Waals surface area contributed by atoms with Crippen LogP contribution in [0.4, 0.5) is 0 Å². The third-order valence-corrected chi connectivity index (χ3v) is 6.33. The Balaban J connectivity index is 1.41. The Hall–Kier alpha value is -1.84. The maximum atomic E-state index is 6.31. The average Bonchev–Trinajstić information content (AvgIpc) is 3.30. The lowest BCUT2D eigenvalue weighted by Crippen LogP contribution is -2.23. The summed E-state index contributed by atoms with van der Waals surface area (Å²) in [4.78, 5) is 2.36. The van der Waals surface area contributed by atoms with Gasteiger partial charge >= 0.3 is 0 Å². The highest BCUT2D eigenvalue weighted by molar-refractivity contribution is 5.97. The Morgan fingerprint density at radius 3 is 2.73 bits per heavy atom. The van der Waals surface area contributed by atoms with Gasteiger partial charge in [-0.25, -0.2) is 0 Å². The second-order valence-corrected chi connectivity index (χ2v) is 8.08. The van der Waals surface area contributed by atoms with E-state index in [4.69, 9.17) is 9.47 Å². The van der Waals surface area contributed by atoms with Crippen LogP contribution >= 0.6 is 0 Å². The van der Waals surface area contributed by atoms with Crippen LogP contribution in [0.1, 0.15) is 31.2 Å². The molecular formula is C23H27NO2. The highest BCUT2D eigenvalue weighted by atomic mass is 16.5. The minimum atomic E-state index is 0.426. The van der Waals surface area contributed by atoms with Crippen molar-refractivity contribution in [3.8, 4) is 5.75 Å². The Morgan fingerprint density at radius 1 is 1.12 bits per heavy atom. The molecule has 26 heavy (non-hydrogen) atoms. The molecule has 0 aromatic heterocycles. The lowest BCUT2D eigenvalue weighted by atomic mass is 9.90. The molecule has 3 atom stereocenters. The molecule has 3 heterocycles. The minimum absolute atomic E-state index is 0.426. The number of likely N-dealkylation sites (N-methyl/N-ethyl adjacent to an activating group) is 1. The van der Waals surface area contributed by atoms with Gasteiger partial charge in [0.25, 0.3) is 0 Å². The van der Waals surface area contributed by atoms with Gasteiger partial charge in [-0.05, 0) is 55.3 Å². The fourth-order valence-corrected chi connectivity index (χ4v) is 4.81. The summed E-state index contributed by atoms with van der Waals surface area (Å²) in [5.41, 5.74) is 2.83. The molecule has 2 saturated heterocycles. The first-order valence-corrected chi connectivity index (χ1v) is 9.96. The minimum Gasteiger partial charge on any atom is -0.493 e. The fourth-order valence-electron chi connectivity index (χ4n) is 4.81. The number of nitrogens with zero attached hydrogens (tertiary/aromatic N) is 1. The first kappa shape index (κ1) is 16.3. The van der Waals surface area contributed by atoms with E-state index in [1.165, 1.54) is 41.2 Å². The Morgan fingerprint density at radius 2 is 2.00 bits per heavy atom. The topological polar surface area (TPSA) is 21.7 Å². The predicted molar refractivity (Wildman–Crippen MR) is 106 cm³/mol. The van der Waals surface area contributed by atoms with Crippen LogP contribution in [0, 0.1) is 5.92 Å². The summed E-state index contributed by atoms with van der Waals surface area (Å²) in [6, 6.07) is 13.1. The molecular weight excluding hydrogens is 322 g/mol. The molecule has 2 fully saturated rings. The van der Waals surface area contributed by atoms with Gasteiger partial charge in [0.1, 0.15) is 5.75 Å². The summed E-state index contributed by atoms with van der Waals surface area (Å²) in [5, 5.41) is 2.54. The van der Waals surface area contributed by atoms with Gasteiger partial charge in [-0.1, -0.05) is 36.4 Å². The summed E-state index contributed by atoms with van der Waals surface area (Å²) >= 11 is 0. The zero-order chi connectivity index (χ0) is 17.5. The zero-order valence-corrected chi connectivity index (χ0v) is 15.5. The van der Waals surface area contributed by atoms with Gasteiger partial charge in [-0.2, -0.15) is 0 Å². The first-order valence-electron chi connectivity index (χ1n) is 9.96. The summed E-state index contributed by atoms with van der Waals surface area (Å²) in [6.45, 7) is 2.94. The van der Waals surface area contributed by atoms with Crippen LogP contribution in [-0.4, -0.2) is 43.9 Å². The zero-order valence-electron chi connectivity index (χ0n) is 15.5. The molecule has 2 aromatic carbocycles. The number of hydrogen-bond acceptors (Lipinski definition) is 3. The Kier molecular flexibility index (Phi) is 4.22. The van der Waals surface area contributed by atoms with Crippen molar-refractivity contribution in [3.63, 3.8) is 0 Å². The highest BCUT2D eigenvalue weighted by Crippen LogP contribution is 2.40. The SMILES string of the molecule is CN1CC=C(c2ccc(OC[C@H]3C[C@@H]4CC[C@H]3O4)c3ccccc23)CC1. The summed E-state index contributed by atoms with van der Waals surface area (Å²) in [5.74, 6) is 1.57. The second-order valence-electron chi connectivity index (χ2n) is 8.08. The molecule has 2 aromatic rings. The van der Waals surface area contributed by atoms with E-state index >= 15 is 0 Å². The standard InChI is InChI=1S/C23H27NO2/c1-24-12-10-16(11-13-24)19-7-9-23(21-5-3-2-4-20(19)21)25-15-17-14-18-6-8-22(17)26-18/h2-5,7,9-10,17-18,22H,6,8,11-15H2,1H3/t17-,18+,22-/m1/s1. The summed E-state index contributed by atoms with van der Waals surface area (Å²) < 4.78 is 12.3. The van der Waals surface area contributed by atoms with E-state index in [1.54, 1.807) is 0 Å². The van der Waals surface area contributed by atoms with Gasteiger partial charge in [0, 0.05) is 24.4 Å². The van der Waals surface area contributed by atoms with E-state index in [2.05, 4.69) is 54.4 Å². The Labute approximate surface area is 155 Å². The maximum absolute atomic E-state index is 6.31. The van der Waals surface area contributed by atoms with Gasteiger partial charge in [-0.15, -0.1) is 0 Å². The lowest BCUT2D eigenvalue weighted by Gasteiger charge is -2.24. The molecule has 0 N–H and O–H groups in total. The lowest BCUT2D eigenvalue weighted by molar-refractivity contribution is 0.0827. The smallest absolute Gasteiger partial charge is 0.127 e. The number of hydrogen-bond donors (Lipinski definition) is 0. The second kappa shape index (κ2) is 6.71. The van der Waals surface area contributed by atoms with E-state index in [-0.39, 0.29) is 0 Å².